The first-order valence-corrected chi connectivity index (χ1v) is 9.04. The van der Waals surface area contributed by atoms with Crippen molar-refractivity contribution in [1.82, 2.24) is 0 Å². The number of carbonyl (C=O) groups excluding carboxylic acids is 1. The molecular weight excluding hydrogens is 344 g/mol. The molecule has 0 spiro atoms. The number of amides is 1. The number of hydrogen-bond acceptors (Lipinski definition) is 3. The fourth-order valence-corrected chi connectivity index (χ4v) is 3.51. The van der Waals surface area contributed by atoms with Crippen LogP contribution in [0.5, 0.6) is 0 Å². The Kier molecular flexibility index (Phi) is 6.96. The highest BCUT2D eigenvalue weighted by atomic mass is 32.2. The number of nitrogens with one attached hydrogen (secondary N) is 1. The second kappa shape index (κ2) is 8.97. The predicted molar refractivity (Wildman–Crippen MR) is 97.5 cm³/mol. The van der Waals surface area contributed by atoms with Gasteiger partial charge < -0.3 is 10.4 Å². The monoisotopic (exact) mass is 365 g/mol. The van der Waals surface area contributed by atoms with Crippen molar-refractivity contribution in [3.8, 4) is 0 Å². The fraction of sp³-hybridized carbons (Fsp3) is 0.316. The molecule has 3 nitrogen and oxygen atoms in total. The van der Waals surface area contributed by atoms with Crippen LogP contribution < -0.4 is 5.32 Å². The van der Waals surface area contributed by atoms with Gasteiger partial charge in [-0.3, -0.25) is 4.79 Å². The van der Waals surface area contributed by atoms with Crippen molar-refractivity contribution >= 4 is 23.4 Å². The second-order valence-electron chi connectivity index (χ2n) is 6.04. The summed E-state index contributed by atoms with van der Waals surface area (Å²) in [4.78, 5) is 12.5. The van der Waals surface area contributed by atoms with E-state index in [1.807, 2.05) is 44.2 Å². The van der Waals surface area contributed by atoms with E-state index in [2.05, 4.69) is 5.32 Å². The Morgan fingerprint density at radius 1 is 1.16 bits per heavy atom. The van der Waals surface area contributed by atoms with Crippen molar-refractivity contribution < 1.29 is 18.7 Å². The van der Waals surface area contributed by atoms with Crippen LogP contribution in [0.25, 0.3) is 0 Å². The van der Waals surface area contributed by atoms with E-state index < -0.39 is 23.0 Å². The number of rotatable bonds is 7. The van der Waals surface area contributed by atoms with Crippen LogP contribution in [0, 0.1) is 17.6 Å². The maximum Gasteiger partial charge on any atom is 0.237 e. The van der Waals surface area contributed by atoms with Crippen LogP contribution >= 0.6 is 11.8 Å². The summed E-state index contributed by atoms with van der Waals surface area (Å²) in [6, 6.07) is 12.2. The number of carbonyl (C=O) groups is 1. The summed E-state index contributed by atoms with van der Waals surface area (Å²) in [7, 11) is 0. The standard InChI is InChI=1S/C19H21F2NO2S/c1-12(2)18(25-11-17(23)13-6-4-3-5-7-13)19(24)22-16-9-8-14(20)10-15(16)21/h3-10,12,17-18,23H,11H2,1-2H3,(H,22,24). The summed E-state index contributed by atoms with van der Waals surface area (Å²) in [6.07, 6.45) is -0.692. The number of aliphatic hydroxyl groups excluding tert-OH is 1. The van der Waals surface area contributed by atoms with Gasteiger partial charge in [0.1, 0.15) is 11.6 Å². The minimum absolute atomic E-state index is 0.0171. The SMILES string of the molecule is CC(C)C(SCC(O)c1ccccc1)C(=O)Nc1ccc(F)cc1F. The molecule has 2 N–H and O–H groups in total. The lowest BCUT2D eigenvalue weighted by molar-refractivity contribution is -0.116. The Balaban J connectivity index is 2.00. The van der Waals surface area contributed by atoms with Crippen LogP contribution in [0.15, 0.2) is 48.5 Å². The van der Waals surface area contributed by atoms with Gasteiger partial charge in [-0.15, -0.1) is 11.8 Å². The molecule has 25 heavy (non-hydrogen) atoms. The van der Waals surface area contributed by atoms with Gasteiger partial charge >= 0.3 is 0 Å². The molecule has 6 heteroatoms. The number of thioether (sulfide) groups is 1. The van der Waals surface area contributed by atoms with Crippen molar-refractivity contribution in [1.29, 1.82) is 0 Å². The smallest absolute Gasteiger partial charge is 0.237 e. The molecule has 134 valence electrons. The largest absolute Gasteiger partial charge is 0.388 e. The zero-order valence-electron chi connectivity index (χ0n) is 14.1. The quantitative estimate of drug-likeness (QED) is 0.765. The first-order valence-electron chi connectivity index (χ1n) is 7.99. The third-order valence-corrected chi connectivity index (χ3v) is 5.30. The molecule has 1 amide bonds. The van der Waals surface area contributed by atoms with E-state index in [1.54, 1.807) is 0 Å². The Hall–Kier alpha value is -1.92. The Bertz CT molecular complexity index is 710. The van der Waals surface area contributed by atoms with Gasteiger partial charge in [0, 0.05) is 11.8 Å². The van der Waals surface area contributed by atoms with Crippen LogP contribution in [0.3, 0.4) is 0 Å². The molecule has 2 atom stereocenters. The number of hydrogen-bond donors (Lipinski definition) is 2. The summed E-state index contributed by atoms with van der Waals surface area (Å²) in [6.45, 7) is 3.76. The van der Waals surface area contributed by atoms with Crippen LogP contribution in [-0.4, -0.2) is 22.0 Å². The molecule has 0 aromatic heterocycles. The normalized spacial score (nSPS) is 13.5. The van der Waals surface area contributed by atoms with E-state index in [4.69, 9.17) is 0 Å². The van der Waals surface area contributed by atoms with Gasteiger partial charge in [-0.05, 0) is 23.6 Å². The van der Waals surface area contributed by atoms with Crippen LogP contribution in [0.1, 0.15) is 25.5 Å². The topological polar surface area (TPSA) is 49.3 Å². The van der Waals surface area contributed by atoms with Gasteiger partial charge in [-0.1, -0.05) is 44.2 Å². The third-order valence-electron chi connectivity index (χ3n) is 3.67. The average Bonchev–Trinajstić information content (AvgIpc) is 2.58. The lowest BCUT2D eigenvalue weighted by atomic mass is 10.1. The van der Waals surface area contributed by atoms with Crippen LogP contribution in [0.4, 0.5) is 14.5 Å². The molecule has 2 aromatic rings. The zero-order chi connectivity index (χ0) is 18.4. The summed E-state index contributed by atoms with van der Waals surface area (Å²) in [5.41, 5.74) is 0.726. The second-order valence-corrected chi connectivity index (χ2v) is 7.21. The van der Waals surface area contributed by atoms with E-state index >= 15 is 0 Å². The van der Waals surface area contributed by atoms with Crippen molar-refractivity contribution in [3.05, 3.63) is 65.7 Å². The minimum Gasteiger partial charge on any atom is -0.388 e. The molecule has 0 fully saturated rings. The van der Waals surface area contributed by atoms with E-state index in [0.717, 1.165) is 17.7 Å². The van der Waals surface area contributed by atoms with Gasteiger partial charge in [0.15, 0.2) is 0 Å². The molecule has 2 rings (SSSR count). The zero-order valence-corrected chi connectivity index (χ0v) is 14.9. The minimum atomic E-state index is -0.815. The number of aliphatic hydroxyl groups is 1. The predicted octanol–water partition coefficient (Wildman–Crippen LogP) is 4.39. The summed E-state index contributed by atoms with van der Waals surface area (Å²) in [5.74, 6) is -1.56. The van der Waals surface area contributed by atoms with Crippen LogP contribution in [-0.2, 0) is 4.79 Å². The summed E-state index contributed by atoms with van der Waals surface area (Å²) >= 11 is 1.31. The first kappa shape index (κ1) is 19.4. The highest BCUT2D eigenvalue weighted by Gasteiger charge is 2.25. The molecule has 0 saturated carbocycles. The summed E-state index contributed by atoms with van der Waals surface area (Å²) < 4.78 is 26.7. The van der Waals surface area contributed by atoms with E-state index in [0.29, 0.717) is 5.75 Å². The highest BCUT2D eigenvalue weighted by Crippen LogP contribution is 2.27. The molecular formula is C19H21F2NO2S. The van der Waals surface area contributed by atoms with Crippen molar-refractivity contribution in [2.24, 2.45) is 5.92 Å². The molecule has 0 radical (unpaired) electrons. The molecule has 0 aliphatic carbocycles. The van der Waals surface area contributed by atoms with E-state index in [-0.39, 0.29) is 17.5 Å². The molecule has 0 saturated heterocycles. The van der Waals surface area contributed by atoms with Crippen LogP contribution in [0.2, 0.25) is 0 Å². The van der Waals surface area contributed by atoms with Gasteiger partial charge in [0.25, 0.3) is 0 Å². The third kappa shape index (κ3) is 5.54. The molecule has 2 aromatic carbocycles. The fourth-order valence-electron chi connectivity index (χ4n) is 2.33. The number of halogens is 2. The average molecular weight is 365 g/mol. The Morgan fingerprint density at radius 2 is 1.84 bits per heavy atom. The van der Waals surface area contributed by atoms with E-state index in [1.165, 1.54) is 17.8 Å². The first-order chi connectivity index (χ1) is 11.9. The van der Waals surface area contributed by atoms with Gasteiger partial charge in [-0.25, -0.2) is 8.78 Å². The summed E-state index contributed by atoms with van der Waals surface area (Å²) in [5, 5.41) is 12.3. The molecule has 0 aliphatic rings. The van der Waals surface area contributed by atoms with Gasteiger partial charge in [0.05, 0.1) is 17.0 Å². The lowest BCUT2D eigenvalue weighted by Gasteiger charge is -2.21. The number of anilines is 1. The molecule has 0 aliphatic heterocycles. The maximum atomic E-state index is 13.7. The molecule has 0 bridgehead atoms. The van der Waals surface area contributed by atoms with Gasteiger partial charge in [0.2, 0.25) is 5.91 Å². The molecule has 2 unspecified atom stereocenters. The Morgan fingerprint density at radius 3 is 2.44 bits per heavy atom. The van der Waals surface area contributed by atoms with Gasteiger partial charge in [-0.2, -0.15) is 0 Å². The van der Waals surface area contributed by atoms with Crippen molar-refractivity contribution in [3.63, 3.8) is 0 Å². The molecule has 0 heterocycles. The number of benzene rings is 2. The van der Waals surface area contributed by atoms with E-state index in [9.17, 15) is 18.7 Å². The highest BCUT2D eigenvalue weighted by molar-refractivity contribution is 8.00. The lowest BCUT2D eigenvalue weighted by Crippen LogP contribution is -2.30. The van der Waals surface area contributed by atoms with Crippen molar-refractivity contribution in [2.75, 3.05) is 11.1 Å². The van der Waals surface area contributed by atoms with Crippen molar-refractivity contribution in [2.45, 2.75) is 25.2 Å². The Labute approximate surface area is 150 Å². The maximum absolute atomic E-state index is 13.7.